The summed E-state index contributed by atoms with van der Waals surface area (Å²) in [6.07, 6.45) is 3.52. The van der Waals surface area contributed by atoms with Gasteiger partial charge >= 0.3 is 0 Å². The number of hydrogen-bond acceptors (Lipinski definition) is 9. The molecule has 2 aromatic heterocycles. The highest BCUT2D eigenvalue weighted by Gasteiger charge is 2.34. The third kappa shape index (κ3) is 5.64. The number of hydrogen-bond donors (Lipinski definition) is 4. The third-order valence-electron chi connectivity index (χ3n) is 7.88. The maximum absolute atomic E-state index is 13.5. The second kappa shape index (κ2) is 11.5. The number of carbonyl (C=O) groups excluding carboxylic acids is 1. The first kappa shape index (κ1) is 28.9. The molecule has 11 nitrogen and oxygen atoms in total. The Kier molecular flexibility index (Phi) is 7.74. The Morgan fingerprint density at radius 3 is 2.51 bits per heavy atom. The van der Waals surface area contributed by atoms with Crippen LogP contribution in [0.5, 0.6) is 5.75 Å². The topological polar surface area (TPSA) is 141 Å². The molecule has 0 saturated carbocycles. The molecular weight excluding hydrogens is 566 g/mol. The quantitative estimate of drug-likeness (QED) is 0.205. The summed E-state index contributed by atoms with van der Waals surface area (Å²) in [6, 6.07) is 12.6. The van der Waals surface area contributed by atoms with Crippen molar-refractivity contribution in [1.29, 1.82) is 0 Å². The molecule has 2 aliphatic rings. The summed E-state index contributed by atoms with van der Waals surface area (Å²) in [5, 5.41) is 10.0. The number of rotatable bonds is 9. The summed E-state index contributed by atoms with van der Waals surface area (Å²) in [5.41, 5.74) is 3.14. The predicted octanol–water partition coefficient (Wildman–Crippen LogP) is 5.12. The number of H-pyrrole nitrogens is 1. The van der Waals surface area contributed by atoms with Crippen molar-refractivity contribution < 1.29 is 17.9 Å². The van der Waals surface area contributed by atoms with Gasteiger partial charge in [-0.2, -0.15) is 9.97 Å². The second-order valence-electron chi connectivity index (χ2n) is 11.6. The lowest BCUT2D eigenvalue weighted by atomic mass is 10.1. The van der Waals surface area contributed by atoms with Crippen molar-refractivity contribution in [1.82, 2.24) is 25.2 Å². The zero-order valence-corrected chi connectivity index (χ0v) is 25.6. The number of aromatic nitrogens is 3. The van der Waals surface area contributed by atoms with E-state index in [-0.39, 0.29) is 28.9 Å². The van der Waals surface area contributed by atoms with Crippen LogP contribution in [0.3, 0.4) is 0 Å². The van der Waals surface area contributed by atoms with Gasteiger partial charge in [-0.25, -0.2) is 8.42 Å². The van der Waals surface area contributed by atoms with Gasteiger partial charge in [0, 0.05) is 24.3 Å². The molecule has 2 aromatic carbocycles. The number of amides is 1. The Hall–Kier alpha value is -4.16. The molecule has 12 heteroatoms. The van der Waals surface area contributed by atoms with Gasteiger partial charge < -0.3 is 30.6 Å². The number of benzene rings is 2. The van der Waals surface area contributed by atoms with Gasteiger partial charge in [-0.1, -0.05) is 12.1 Å². The zero-order chi connectivity index (χ0) is 30.3. The van der Waals surface area contributed by atoms with Crippen molar-refractivity contribution in [3.8, 4) is 5.75 Å². The van der Waals surface area contributed by atoms with Crippen LogP contribution in [0.1, 0.15) is 56.5 Å². The minimum Gasteiger partial charge on any atom is -0.489 e. The van der Waals surface area contributed by atoms with Gasteiger partial charge in [0.05, 0.1) is 33.0 Å². The summed E-state index contributed by atoms with van der Waals surface area (Å²) in [6.45, 7) is 9.60. The largest absolute Gasteiger partial charge is 0.489 e. The highest BCUT2D eigenvalue weighted by molar-refractivity contribution is 7.92. The molecule has 226 valence electrons. The molecule has 6 rings (SSSR count). The first-order chi connectivity index (χ1) is 20.6. The normalized spacial score (nSPS) is 15.9. The van der Waals surface area contributed by atoms with Crippen LogP contribution < -0.4 is 20.7 Å². The molecule has 0 aliphatic carbocycles. The van der Waals surface area contributed by atoms with Crippen molar-refractivity contribution in [3.05, 3.63) is 59.8 Å². The molecule has 1 fully saturated rings. The van der Waals surface area contributed by atoms with Crippen LogP contribution in [0.2, 0.25) is 0 Å². The number of carbonyl (C=O) groups is 1. The summed E-state index contributed by atoms with van der Waals surface area (Å²) in [5.74, 6) is 1.32. The molecule has 0 bridgehead atoms. The molecule has 4 heterocycles. The molecule has 0 unspecified atom stereocenters. The summed E-state index contributed by atoms with van der Waals surface area (Å²) >= 11 is 0. The molecule has 43 heavy (non-hydrogen) atoms. The van der Waals surface area contributed by atoms with Gasteiger partial charge in [0.2, 0.25) is 5.95 Å². The van der Waals surface area contributed by atoms with Crippen molar-refractivity contribution >= 4 is 49.9 Å². The van der Waals surface area contributed by atoms with Crippen LogP contribution in [0.4, 0.5) is 23.1 Å². The standard InChI is InChI=1S/C31H37N7O4S/c1-18(2)42-26-15-20-17-38(21-9-12-32-13-10-21)30(39)23(20)16-25(26)35-31-36-28-22(11-14-33-28)29(37-31)34-24-7-5-6-8-27(24)43(40,41)19(3)4/h5-8,11,14-16,18-19,21,32H,9-10,12-13,17H2,1-4H3,(H3,33,34,35,36,37). The van der Waals surface area contributed by atoms with Crippen molar-refractivity contribution in [2.45, 2.75) is 69.4 Å². The van der Waals surface area contributed by atoms with Crippen molar-refractivity contribution in [2.75, 3.05) is 23.7 Å². The Morgan fingerprint density at radius 1 is 1.00 bits per heavy atom. The van der Waals surface area contributed by atoms with Gasteiger partial charge in [-0.05, 0) is 89.5 Å². The Bertz CT molecular complexity index is 1780. The first-order valence-corrected chi connectivity index (χ1v) is 16.2. The zero-order valence-electron chi connectivity index (χ0n) is 24.8. The van der Waals surface area contributed by atoms with Crippen LogP contribution in [0.25, 0.3) is 11.0 Å². The smallest absolute Gasteiger partial charge is 0.254 e. The fourth-order valence-corrected chi connectivity index (χ4v) is 6.84. The van der Waals surface area contributed by atoms with E-state index in [0.29, 0.717) is 46.1 Å². The van der Waals surface area contributed by atoms with Crippen LogP contribution in [-0.2, 0) is 16.4 Å². The van der Waals surface area contributed by atoms with E-state index < -0.39 is 15.1 Å². The number of para-hydroxylation sites is 1. The maximum Gasteiger partial charge on any atom is 0.254 e. The van der Waals surface area contributed by atoms with E-state index in [1.165, 1.54) is 0 Å². The monoisotopic (exact) mass is 603 g/mol. The van der Waals surface area contributed by atoms with E-state index in [4.69, 9.17) is 9.72 Å². The third-order valence-corrected chi connectivity index (χ3v) is 10.1. The Balaban J connectivity index is 1.36. The SMILES string of the molecule is CC(C)Oc1cc2c(cc1Nc1nc(Nc3ccccc3S(=O)(=O)C(C)C)c3cc[nH]c3n1)C(=O)N(C1CCNCC1)C2. The predicted molar refractivity (Wildman–Crippen MR) is 167 cm³/mol. The molecule has 4 aromatic rings. The highest BCUT2D eigenvalue weighted by atomic mass is 32.2. The van der Waals surface area contributed by atoms with Gasteiger partial charge in [0.15, 0.2) is 9.84 Å². The average Bonchev–Trinajstić information content (AvgIpc) is 3.58. The number of piperidine rings is 1. The van der Waals surface area contributed by atoms with E-state index in [1.54, 1.807) is 44.3 Å². The molecule has 2 aliphatic heterocycles. The summed E-state index contributed by atoms with van der Waals surface area (Å²) in [4.78, 5) is 28.2. The number of nitrogens with zero attached hydrogens (tertiary/aromatic N) is 3. The van der Waals surface area contributed by atoms with Crippen LogP contribution in [0.15, 0.2) is 53.6 Å². The van der Waals surface area contributed by atoms with E-state index in [1.807, 2.05) is 36.9 Å². The number of fused-ring (bicyclic) bond motifs is 2. The minimum atomic E-state index is -3.55. The van der Waals surface area contributed by atoms with E-state index in [9.17, 15) is 13.2 Å². The van der Waals surface area contributed by atoms with Gasteiger partial charge in [0.25, 0.3) is 5.91 Å². The molecule has 0 radical (unpaired) electrons. The fraction of sp³-hybridized carbons (Fsp3) is 0.387. The summed E-state index contributed by atoms with van der Waals surface area (Å²) in [7, 11) is -3.55. The van der Waals surface area contributed by atoms with Gasteiger partial charge in [-0.3, -0.25) is 4.79 Å². The van der Waals surface area contributed by atoms with E-state index >= 15 is 0 Å². The van der Waals surface area contributed by atoms with Crippen LogP contribution in [0, 0.1) is 0 Å². The average molecular weight is 604 g/mol. The lowest BCUT2D eigenvalue weighted by Crippen LogP contribution is -2.43. The first-order valence-electron chi connectivity index (χ1n) is 14.7. The molecular formula is C31H37N7O4S. The van der Waals surface area contributed by atoms with Gasteiger partial charge in [0.1, 0.15) is 17.2 Å². The second-order valence-corrected chi connectivity index (χ2v) is 14.0. The van der Waals surface area contributed by atoms with Gasteiger partial charge in [-0.15, -0.1) is 0 Å². The van der Waals surface area contributed by atoms with Crippen molar-refractivity contribution in [2.24, 2.45) is 0 Å². The van der Waals surface area contributed by atoms with Crippen LogP contribution in [-0.4, -0.2) is 64.7 Å². The Morgan fingerprint density at radius 2 is 1.77 bits per heavy atom. The number of nitrogens with one attached hydrogen (secondary N) is 4. The van der Waals surface area contributed by atoms with Crippen molar-refractivity contribution in [3.63, 3.8) is 0 Å². The van der Waals surface area contributed by atoms with Crippen LogP contribution >= 0.6 is 0 Å². The fourth-order valence-electron chi connectivity index (χ4n) is 5.64. The Labute approximate surface area is 251 Å². The molecule has 0 atom stereocenters. The summed E-state index contributed by atoms with van der Waals surface area (Å²) < 4.78 is 32.4. The van der Waals surface area contributed by atoms with E-state index in [2.05, 4.69) is 25.9 Å². The molecule has 1 saturated heterocycles. The lowest BCUT2D eigenvalue weighted by Gasteiger charge is -2.31. The maximum atomic E-state index is 13.5. The van der Waals surface area contributed by atoms with E-state index in [0.717, 1.165) is 31.5 Å². The number of sulfone groups is 1. The minimum absolute atomic E-state index is 0.0205. The highest BCUT2D eigenvalue weighted by Crippen LogP contribution is 2.38. The lowest BCUT2D eigenvalue weighted by molar-refractivity contribution is 0.0668. The molecule has 1 amide bonds. The number of ether oxygens (including phenoxy) is 1. The molecule has 4 N–H and O–H groups in total. The number of anilines is 4. The molecule has 0 spiro atoms. The number of aromatic amines is 1.